The van der Waals surface area contributed by atoms with Gasteiger partial charge < -0.3 is 5.32 Å². The summed E-state index contributed by atoms with van der Waals surface area (Å²) >= 11 is 0. The highest BCUT2D eigenvalue weighted by atomic mass is 16.2. The highest BCUT2D eigenvalue weighted by Gasteiger charge is 2.32. The van der Waals surface area contributed by atoms with Gasteiger partial charge in [0.05, 0.1) is 0 Å². The quantitative estimate of drug-likeness (QED) is 0.824. The fraction of sp³-hybridized carbons (Fsp3) is 0.400. The Bertz CT molecular complexity index is 580. The molecule has 106 valence electrons. The number of likely N-dealkylation sites (N-methyl/N-ethyl adjacent to an activating group) is 1. The minimum absolute atomic E-state index is 0.202. The first-order valence-electron chi connectivity index (χ1n) is 6.58. The van der Waals surface area contributed by atoms with E-state index in [1.165, 1.54) is 7.05 Å². The number of benzene rings is 1. The molecule has 20 heavy (non-hydrogen) atoms. The van der Waals surface area contributed by atoms with E-state index < -0.39 is 6.04 Å². The number of amides is 3. The third-order valence-electron chi connectivity index (χ3n) is 3.58. The first-order chi connectivity index (χ1) is 9.40. The summed E-state index contributed by atoms with van der Waals surface area (Å²) in [6.07, 6.45) is 0.638. The number of rotatable bonds is 2. The largest absolute Gasteiger partial charge is 0.340 e. The molecule has 0 radical (unpaired) electrons. The molecular formula is C15H18N2O3. The number of aryl methyl sites for hydroxylation is 2. The van der Waals surface area contributed by atoms with Crippen molar-refractivity contribution in [2.45, 2.75) is 32.7 Å². The molecule has 1 unspecified atom stereocenters. The minimum Gasteiger partial charge on any atom is -0.340 e. The number of imide groups is 1. The lowest BCUT2D eigenvalue weighted by Crippen LogP contribution is -2.53. The highest BCUT2D eigenvalue weighted by Crippen LogP contribution is 2.14. The van der Waals surface area contributed by atoms with Crippen molar-refractivity contribution >= 4 is 17.7 Å². The zero-order valence-corrected chi connectivity index (χ0v) is 11.9. The Morgan fingerprint density at radius 2 is 2.00 bits per heavy atom. The molecule has 1 atom stereocenters. The summed E-state index contributed by atoms with van der Waals surface area (Å²) in [5.74, 6) is -0.824. The van der Waals surface area contributed by atoms with Crippen LogP contribution in [0.4, 0.5) is 0 Å². The van der Waals surface area contributed by atoms with Crippen molar-refractivity contribution in [3.63, 3.8) is 0 Å². The van der Waals surface area contributed by atoms with Crippen molar-refractivity contribution in [3.05, 3.63) is 34.9 Å². The summed E-state index contributed by atoms with van der Waals surface area (Å²) in [7, 11) is 1.44. The lowest BCUT2D eigenvalue weighted by atomic mass is 10.0. The predicted octanol–water partition coefficient (Wildman–Crippen LogP) is 1.18. The van der Waals surface area contributed by atoms with Crippen LogP contribution in [0.25, 0.3) is 0 Å². The second kappa shape index (κ2) is 5.45. The van der Waals surface area contributed by atoms with Crippen LogP contribution in [0.5, 0.6) is 0 Å². The van der Waals surface area contributed by atoms with Gasteiger partial charge in [-0.05, 0) is 31.9 Å². The summed E-state index contributed by atoms with van der Waals surface area (Å²) in [5.41, 5.74) is 2.51. The zero-order valence-electron chi connectivity index (χ0n) is 11.9. The third-order valence-corrected chi connectivity index (χ3v) is 3.58. The second-order valence-corrected chi connectivity index (χ2v) is 5.17. The van der Waals surface area contributed by atoms with Gasteiger partial charge in [-0.25, -0.2) is 0 Å². The molecule has 1 saturated heterocycles. The third kappa shape index (κ3) is 2.71. The molecule has 1 heterocycles. The molecule has 1 aromatic carbocycles. The molecule has 0 bridgehead atoms. The van der Waals surface area contributed by atoms with Crippen LogP contribution in [0.1, 0.15) is 34.3 Å². The number of piperidine rings is 1. The summed E-state index contributed by atoms with van der Waals surface area (Å²) in [6.45, 7) is 3.82. The lowest BCUT2D eigenvalue weighted by molar-refractivity contribution is -0.147. The van der Waals surface area contributed by atoms with E-state index >= 15 is 0 Å². The first-order valence-corrected chi connectivity index (χ1v) is 6.58. The Balaban J connectivity index is 2.12. The molecule has 5 nitrogen and oxygen atoms in total. The monoisotopic (exact) mass is 274 g/mol. The SMILES string of the molecule is Cc1ccc(C(=O)NC2CCC(=O)N(C)C2=O)c(C)c1. The molecule has 1 N–H and O–H groups in total. The minimum atomic E-state index is -0.620. The molecule has 1 aliphatic heterocycles. The molecule has 3 amide bonds. The molecule has 5 heteroatoms. The van der Waals surface area contributed by atoms with Crippen LogP contribution in [0.2, 0.25) is 0 Å². The number of nitrogens with one attached hydrogen (secondary N) is 1. The van der Waals surface area contributed by atoms with Crippen molar-refractivity contribution < 1.29 is 14.4 Å². The smallest absolute Gasteiger partial charge is 0.252 e. The van der Waals surface area contributed by atoms with E-state index in [0.29, 0.717) is 12.0 Å². The van der Waals surface area contributed by atoms with Crippen LogP contribution in [0, 0.1) is 13.8 Å². The molecule has 0 aliphatic carbocycles. The summed E-state index contributed by atoms with van der Waals surface area (Å²) < 4.78 is 0. The van der Waals surface area contributed by atoms with Crippen molar-refractivity contribution in [2.24, 2.45) is 0 Å². The maximum absolute atomic E-state index is 12.2. The average molecular weight is 274 g/mol. The van der Waals surface area contributed by atoms with Crippen LogP contribution in [0.15, 0.2) is 18.2 Å². The fourth-order valence-corrected chi connectivity index (χ4v) is 2.35. The number of carbonyl (C=O) groups is 3. The Morgan fingerprint density at radius 3 is 2.65 bits per heavy atom. The average Bonchev–Trinajstić information content (AvgIpc) is 2.39. The van der Waals surface area contributed by atoms with Gasteiger partial charge in [0.15, 0.2) is 0 Å². The van der Waals surface area contributed by atoms with E-state index in [2.05, 4.69) is 5.32 Å². The summed E-state index contributed by atoms with van der Waals surface area (Å²) in [5, 5.41) is 2.71. The molecule has 2 rings (SSSR count). The molecular weight excluding hydrogens is 256 g/mol. The normalized spacial score (nSPS) is 19.1. The van der Waals surface area contributed by atoms with Gasteiger partial charge in [0.25, 0.3) is 11.8 Å². The maximum atomic E-state index is 12.2. The topological polar surface area (TPSA) is 66.5 Å². The maximum Gasteiger partial charge on any atom is 0.252 e. The van der Waals surface area contributed by atoms with Crippen LogP contribution in [-0.2, 0) is 9.59 Å². The lowest BCUT2D eigenvalue weighted by Gasteiger charge is -2.28. The Morgan fingerprint density at radius 1 is 1.30 bits per heavy atom. The van der Waals surface area contributed by atoms with E-state index in [-0.39, 0.29) is 24.1 Å². The highest BCUT2D eigenvalue weighted by molar-refractivity contribution is 6.04. The van der Waals surface area contributed by atoms with Crippen LogP contribution in [0.3, 0.4) is 0 Å². The van der Waals surface area contributed by atoms with Crippen molar-refractivity contribution in [1.82, 2.24) is 10.2 Å². The Hall–Kier alpha value is -2.17. The Labute approximate surface area is 118 Å². The van der Waals surface area contributed by atoms with Gasteiger partial charge in [-0.3, -0.25) is 19.3 Å². The number of hydrogen-bond donors (Lipinski definition) is 1. The number of likely N-dealkylation sites (tertiary alicyclic amines) is 1. The van der Waals surface area contributed by atoms with Crippen molar-refractivity contribution in [2.75, 3.05) is 7.05 Å². The summed E-state index contributed by atoms with van der Waals surface area (Å²) in [4.78, 5) is 36.6. The molecule has 0 spiro atoms. The van der Waals surface area contributed by atoms with Gasteiger partial charge in [0, 0.05) is 19.0 Å². The first kappa shape index (κ1) is 14.2. The molecule has 1 fully saturated rings. The fourth-order valence-electron chi connectivity index (χ4n) is 2.35. The number of carbonyl (C=O) groups excluding carboxylic acids is 3. The van der Waals surface area contributed by atoms with Crippen LogP contribution in [-0.4, -0.2) is 35.7 Å². The van der Waals surface area contributed by atoms with Gasteiger partial charge in [-0.2, -0.15) is 0 Å². The molecule has 0 aromatic heterocycles. The van der Waals surface area contributed by atoms with E-state index in [1.807, 2.05) is 26.0 Å². The van der Waals surface area contributed by atoms with E-state index in [9.17, 15) is 14.4 Å². The van der Waals surface area contributed by atoms with Gasteiger partial charge in [0.1, 0.15) is 6.04 Å². The van der Waals surface area contributed by atoms with Crippen LogP contribution >= 0.6 is 0 Å². The van der Waals surface area contributed by atoms with E-state index in [4.69, 9.17) is 0 Å². The molecule has 1 aromatic rings. The number of nitrogens with zero attached hydrogens (tertiary/aromatic N) is 1. The van der Waals surface area contributed by atoms with Crippen molar-refractivity contribution in [1.29, 1.82) is 0 Å². The van der Waals surface area contributed by atoms with Gasteiger partial charge in [0.2, 0.25) is 5.91 Å². The second-order valence-electron chi connectivity index (χ2n) is 5.17. The predicted molar refractivity (Wildman–Crippen MR) is 74.2 cm³/mol. The van der Waals surface area contributed by atoms with Crippen LogP contribution < -0.4 is 5.32 Å². The zero-order chi connectivity index (χ0) is 14.9. The van der Waals surface area contributed by atoms with E-state index in [1.54, 1.807) is 6.07 Å². The standard InChI is InChI=1S/C15H18N2O3/c1-9-4-5-11(10(2)8-9)14(19)16-12-6-7-13(18)17(3)15(12)20/h4-5,8,12H,6-7H2,1-3H3,(H,16,19). The van der Waals surface area contributed by atoms with Gasteiger partial charge in [-0.1, -0.05) is 17.7 Å². The van der Waals surface area contributed by atoms with E-state index in [0.717, 1.165) is 16.0 Å². The molecule has 1 aliphatic rings. The Kier molecular flexibility index (Phi) is 3.88. The summed E-state index contributed by atoms with van der Waals surface area (Å²) in [6, 6.07) is 4.92. The van der Waals surface area contributed by atoms with Gasteiger partial charge >= 0.3 is 0 Å². The van der Waals surface area contributed by atoms with Gasteiger partial charge in [-0.15, -0.1) is 0 Å². The molecule has 0 saturated carbocycles. The number of hydrogen-bond acceptors (Lipinski definition) is 3. The van der Waals surface area contributed by atoms with Crippen molar-refractivity contribution in [3.8, 4) is 0 Å².